The van der Waals surface area contributed by atoms with Gasteiger partial charge < -0.3 is 39.4 Å². The summed E-state index contributed by atoms with van der Waals surface area (Å²) in [5.74, 6) is 0.313. The first-order valence-corrected chi connectivity index (χ1v) is 17.3. The Labute approximate surface area is 265 Å². The smallest absolute Gasteiger partial charge is 0.310 e. The van der Waals surface area contributed by atoms with Gasteiger partial charge in [-0.05, 0) is 80.0 Å². The minimum absolute atomic E-state index is 0.0439. The molecule has 0 bridgehead atoms. The van der Waals surface area contributed by atoms with Gasteiger partial charge in [0, 0.05) is 18.8 Å². The number of hydrogen-bond donors (Lipinski definition) is 4. The number of Topliss-reactive ketones (excluding diaryl/α,β-unsaturated/α-hetero) is 1. The fourth-order valence-corrected chi connectivity index (χ4v) is 11.2. The third-order valence-corrected chi connectivity index (χ3v) is 13.9. The minimum Gasteiger partial charge on any atom is -0.459 e. The number of rotatable bonds is 6. The van der Waals surface area contributed by atoms with Crippen molar-refractivity contribution in [3.05, 3.63) is 11.6 Å². The van der Waals surface area contributed by atoms with Crippen LogP contribution in [0.5, 0.6) is 0 Å². The van der Waals surface area contributed by atoms with Gasteiger partial charge in [0.1, 0.15) is 41.9 Å². The lowest BCUT2D eigenvalue weighted by atomic mass is 9.47. The summed E-state index contributed by atoms with van der Waals surface area (Å²) in [5, 5.41) is 40.4. The largest absolute Gasteiger partial charge is 0.459 e. The van der Waals surface area contributed by atoms with Gasteiger partial charge in [-0.3, -0.25) is 9.59 Å². The lowest BCUT2D eigenvalue weighted by molar-refractivity contribution is -0.315. The summed E-state index contributed by atoms with van der Waals surface area (Å²) >= 11 is 0. The second-order valence-corrected chi connectivity index (χ2v) is 16.2. The highest BCUT2D eigenvalue weighted by atomic mass is 16.7. The van der Waals surface area contributed by atoms with Gasteiger partial charge in [0.2, 0.25) is 0 Å². The van der Waals surface area contributed by atoms with Crippen molar-refractivity contribution in [1.29, 1.82) is 0 Å². The van der Waals surface area contributed by atoms with E-state index in [9.17, 15) is 30.0 Å². The quantitative estimate of drug-likeness (QED) is 0.195. The molecule has 10 heteroatoms. The summed E-state index contributed by atoms with van der Waals surface area (Å²) in [6.07, 6.45) is 1.85. The molecule has 10 nitrogen and oxygen atoms in total. The van der Waals surface area contributed by atoms with E-state index in [4.69, 9.17) is 18.9 Å². The Morgan fingerprint density at radius 3 is 2.38 bits per heavy atom. The molecule has 7 aliphatic rings. The predicted molar refractivity (Wildman–Crippen MR) is 160 cm³/mol. The second-order valence-electron chi connectivity index (χ2n) is 16.2. The average Bonchev–Trinajstić information content (AvgIpc) is 3.44. The van der Waals surface area contributed by atoms with Gasteiger partial charge in [-0.15, -0.1) is 0 Å². The highest BCUT2D eigenvalue weighted by Gasteiger charge is 2.68. The third kappa shape index (κ3) is 4.67. The number of epoxide rings is 1. The van der Waals surface area contributed by atoms with Crippen molar-refractivity contribution >= 4 is 11.8 Å². The molecule has 3 aliphatic heterocycles. The molecule has 0 radical (unpaired) electrons. The Balaban J connectivity index is 1.06. The maximum Gasteiger partial charge on any atom is 0.310 e. The SMILES string of the molecule is CC(C)C1(C2CC(C3C(=O)CC4C5=CCC6CC(OC7OC(CO)C(O)C(O)C7O)CCC6(C)C5CCC43C)C(=O)O2)OC1C. The van der Waals surface area contributed by atoms with Crippen LogP contribution in [0.4, 0.5) is 0 Å². The van der Waals surface area contributed by atoms with E-state index in [0.29, 0.717) is 24.7 Å². The minimum atomic E-state index is -1.46. The topological polar surface area (TPSA) is 155 Å². The van der Waals surface area contributed by atoms with Gasteiger partial charge in [0.15, 0.2) is 6.29 Å². The van der Waals surface area contributed by atoms with Crippen LogP contribution in [-0.2, 0) is 28.5 Å². The zero-order valence-corrected chi connectivity index (χ0v) is 27.3. The van der Waals surface area contributed by atoms with Crippen molar-refractivity contribution in [3.8, 4) is 0 Å². The van der Waals surface area contributed by atoms with Crippen molar-refractivity contribution in [3.63, 3.8) is 0 Å². The number of cyclic esters (lactones) is 1. The normalized spacial score (nSPS) is 54.3. The first-order valence-electron chi connectivity index (χ1n) is 17.3. The lowest BCUT2D eigenvalue weighted by Gasteiger charge is -2.57. The van der Waals surface area contributed by atoms with Crippen LogP contribution in [0.3, 0.4) is 0 Å². The standard InChI is InChI=1S/C35H52O10/c1-16(2)35(17(3)45-35)26-13-21(31(41)44-26)27-24(37)14-23-20-7-6-18-12-19(8-10-33(18,4)22(20)9-11-34(23,27)5)42-32-30(40)29(39)28(38)25(15-36)43-32/h7,16-19,21-23,25-30,32,36,38-40H,6,8-15H2,1-5H3. The Morgan fingerprint density at radius 1 is 1.00 bits per heavy atom. The zero-order chi connectivity index (χ0) is 32.2. The summed E-state index contributed by atoms with van der Waals surface area (Å²) in [6.45, 7) is 10.4. The van der Waals surface area contributed by atoms with E-state index >= 15 is 0 Å². The van der Waals surface area contributed by atoms with Gasteiger partial charge in [-0.2, -0.15) is 0 Å². The van der Waals surface area contributed by atoms with Crippen LogP contribution < -0.4 is 0 Å². The number of fused-ring (bicyclic) bond motifs is 5. The number of carbonyl (C=O) groups is 2. The fourth-order valence-electron chi connectivity index (χ4n) is 11.2. The van der Waals surface area contributed by atoms with E-state index in [0.717, 1.165) is 38.5 Å². The molecule has 45 heavy (non-hydrogen) atoms. The van der Waals surface area contributed by atoms with Crippen LogP contribution in [0.2, 0.25) is 0 Å². The number of esters is 1. The van der Waals surface area contributed by atoms with E-state index in [2.05, 4.69) is 33.8 Å². The molecule has 16 atom stereocenters. The second kappa shape index (κ2) is 11.1. The lowest BCUT2D eigenvalue weighted by Crippen LogP contribution is -2.60. The number of ketones is 1. The molecule has 7 rings (SSSR count). The number of aliphatic hydroxyl groups excluding tert-OH is 4. The van der Waals surface area contributed by atoms with Crippen molar-refractivity contribution in [2.45, 2.75) is 141 Å². The highest BCUT2D eigenvalue weighted by molar-refractivity contribution is 5.91. The van der Waals surface area contributed by atoms with Gasteiger partial charge in [-0.1, -0.05) is 39.3 Å². The summed E-state index contributed by atoms with van der Waals surface area (Å²) in [5.41, 5.74) is 0.742. The van der Waals surface area contributed by atoms with Crippen molar-refractivity contribution < 1.29 is 49.0 Å². The van der Waals surface area contributed by atoms with E-state index in [1.54, 1.807) is 0 Å². The Kier molecular flexibility index (Phi) is 7.91. The first kappa shape index (κ1) is 32.2. The van der Waals surface area contributed by atoms with Crippen LogP contribution in [0.25, 0.3) is 0 Å². The maximum atomic E-state index is 13.9. The molecular weight excluding hydrogens is 580 g/mol. The van der Waals surface area contributed by atoms with E-state index < -0.39 is 48.8 Å². The first-order chi connectivity index (χ1) is 21.3. The van der Waals surface area contributed by atoms with E-state index in [1.165, 1.54) is 5.57 Å². The molecule has 0 aromatic carbocycles. The van der Waals surface area contributed by atoms with Crippen molar-refractivity contribution in [2.75, 3.05) is 6.61 Å². The monoisotopic (exact) mass is 632 g/mol. The summed E-state index contributed by atoms with van der Waals surface area (Å²) in [4.78, 5) is 27.3. The Bertz CT molecular complexity index is 1230. The van der Waals surface area contributed by atoms with Gasteiger partial charge in [-0.25, -0.2) is 0 Å². The van der Waals surface area contributed by atoms with Crippen LogP contribution in [-0.4, -0.2) is 93.4 Å². The molecule has 3 saturated heterocycles. The molecule has 16 unspecified atom stereocenters. The maximum absolute atomic E-state index is 13.9. The van der Waals surface area contributed by atoms with Crippen LogP contribution in [0, 0.1) is 46.3 Å². The summed E-state index contributed by atoms with van der Waals surface area (Å²) in [7, 11) is 0. The fraction of sp³-hybridized carbons (Fsp3) is 0.886. The Hall–Kier alpha value is -1.40. The average molecular weight is 633 g/mol. The molecule has 0 spiro atoms. The number of ether oxygens (including phenoxy) is 4. The molecular formula is C35H52O10. The third-order valence-electron chi connectivity index (χ3n) is 13.9. The molecule has 0 amide bonds. The number of aliphatic hydroxyl groups is 4. The molecule has 4 N–H and O–H groups in total. The molecule has 3 saturated carbocycles. The Morgan fingerprint density at radius 2 is 1.71 bits per heavy atom. The molecule has 6 fully saturated rings. The molecule has 0 aromatic heterocycles. The van der Waals surface area contributed by atoms with Crippen molar-refractivity contribution in [2.24, 2.45) is 46.3 Å². The summed E-state index contributed by atoms with van der Waals surface area (Å²) < 4.78 is 23.9. The summed E-state index contributed by atoms with van der Waals surface area (Å²) in [6, 6.07) is 0. The van der Waals surface area contributed by atoms with Crippen LogP contribution >= 0.6 is 0 Å². The van der Waals surface area contributed by atoms with Crippen LogP contribution in [0.1, 0.15) is 86.0 Å². The number of hydrogen-bond acceptors (Lipinski definition) is 10. The van der Waals surface area contributed by atoms with Crippen molar-refractivity contribution in [1.82, 2.24) is 0 Å². The highest BCUT2D eigenvalue weighted by Crippen LogP contribution is 2.67. The molecule has 252 valence electrons. The molecule has 3 heterocycles. The molecule has 0 aromatic rings. The zero-order valence-electron chi connectivity index (χ0n) is 27.3. The van der Waals surface area contributed by atoms with E-state index in [1.807, 2.05) is 6.92 Å². The number of carbonyl (C=O) groups excluding carboxylic acids is 2. The van der Waals surface area contributed by atoms with Gasteiger partial charge in [0.25, 0.3) is 0 Å². The van der Waals surface area contributed by atoms with Gasteiger partial charge >= 0.3 is 5.97 Å². The predicted octanol–water partition coefficient (Wildman–Crippen LogP) is 2.67. The van der Waals surface area contributed by atoms with Crippen LogP contribution in [0.15, 0.2) is 11.6 Å². The van der Waals surface area contributed by atoms with Gasteiger partial charge in [0.05, 0.1) is 24.7 Å². The number of allylic oxidation sites excluding steroid dienone is 2. The molecule has 4 aliphatic carbocycles. The van der Waals surface area contributed by atoms with E-state index in [-0.39, 0.29) is 58.6 Å².